The molecule has 0 bridgehead atoms. The summed E-state index contributed by atoms with van der Waals surface area (Å²) in [6.07, 6.45) is -3.00. The minimum atomic E-state index is -4.59. The van der Waals surface area contributed by atoms with E-state index in [1.54, 1.807) is 0 Å². The smallest absolute Gasteiger partial charge is 0.330 e. The van der Waals surface area contributed by atoms with Crippen LogP contribution in [0.2, 0.25) is 0 Å². The minimum Gasteiger partial charge on any atom is -0.330 e. The zero-order valence-corrected chi connectivity index (χ0v) is 9.21. The maximum absolute atomic E-state index is 12.3. The SMILES string of the molecule is Cc1nc(C(F)(F)F)ncc1C(=O)CCCN. The maximum Gasteiger partial charge on any atom is 0.451 e. The molecular weight excluding hydrogens is 235 g/mol. The van der Waals surface area contributed by atoms with E-state index in [1.807, 2.05) is 0 Å². The van der Waals surface area contributed by atoms with Gasteiger partial charge in [-0.05, 0) is 19.9 Å². The summed E-state index contributed by atoms with van der Waals surface area (Å²) < 4.78 is 36.8. The fraction of sp³-hybridized carbons (Fsp3) is 0.500. The lowest BCUT2D eigenvalue weighted by Gasteiger charge is -2.08. The Morgan fingerprint density at radius 2 is 2.12 bits per heavy atom. The summed E-state index contributed by atoms with van der Waals surface area (Å²) in [7, 11) is 0. The zero-order chi connectivity index (χ0) is 13.1. The van der Waals surface area contributed by atoms with Crippen LogP contribution in [-0.4, -0.2) is 22.3 Å². The number of aryl methyl sites for hydroxylation is 1. The molecular formula is C10H12F3N3O. The Hall–Kier alpha value is -1.50. The van der Waals surface area contributed by atoms with Crippen molar-refractivity contribution in [2.45, 2.75) is 25.9 Å². The standard InChI is InChI=1S/C10H12F3N3O/c1-6-7(8(17)3-2-4-14)5-15-9(16-6)10(11,12)13/h5H,2-4,14H2,1H3. The second kappa shape index (κ2) is 5.22. The minimum absolute atomic E-state index is 0.0364. The first-order valence-electron chi connectivity index (χ1n) is 5.00. The fourth-order valence-corrected chi connectivity index (χ4v) is 1.27. The van der Waals surface area contributed by atoms with E-state index in [0.29, 0.717) is 13.0 Å². The topological polar surface area (TPSA) is 68.9 Å². The van der Waals surface area contributed by atoms with Gasteiger partial charge >= 0.3 is 6.18 Å². The summed E-state index contributed by atoms with van der Waals surface area (Å²) in [5.74, 6) is -1.52. The molecule has 1 aromatic heterocycles. The second-order valence-corrected chi connectivity index (χ2v) is 3.51. The van der Waals surface area contributed by atoms with Gasteiger partial charge in [-0.2, -0.15) is 13.2 Å². The fourth-order valence-electron chi connectivity index (χ4n) is 1.27. The molecule has 2 N–H and O–H groups in total. The highest BCUT2D eigenvalue weighted by atomic mass is 19.4. The number of aromatic nitrogens is 2. The predicted octanol–water partition coefficient (Wildman–Crippen LogP) is 1.73. The maximum atomic E-state index is 12.3. The van der Waals surface area contributed by atoms with Crippen molar-refractivity contribution in [3.8, 4) is 0 Å². The molecule has 4 nitrogen and oxygen atoms in total. The number of nitrogens with zero attached hydrogens (tertiary/aromatic N) is 2. The quantitative estimate of drug-likeness (QED) is 0.822. The van der Waals surface area contributed by atoms with Gasteiger partial charge in [0, 0.05) is 12.6 Å². The molecule has 0 aliphatic carbocycles. The van der Waals surface area contributed by atoms with E-state index < -0.39 is 12.0 Å². The van der Waals surface area contributed by atoms with Crippen molar-refractivity contribution in [1.82, 2.24) is 9.97 Å². The van der Waals surface area contributed by atoms with E-state index in [1.165, 1.54) is 6.92 Å². The molecule has 1 rings (SSSR count). The van der Waals surface area contributed by atoms with Gasteiger partial charge < -0.3 is 5.73 Å². The number of Topliss-reactive ketones (excluding diaryl/α,β-unsaturated/α-hetero) is 1. The van der Waals surface area contributed by atoms with Crippen molar-refractivity contribution >= 4 is 5.78 Å². The highest BCUT2D eigenvalue weighted by Crippen LogP contribution is 2.26. The Morgan fingerprint density at radius 3 is 2.59 bits per heavy atom. The average Bonchev–Trinajstić information content (AvgIpc) is 2.24. The Morgan fingerprint density at radius 1 is 1.47 bits per heavy atom. The third-order valence-corrected chi connectivity index (χ3v) is 2.14. The molecule has 1 aromatic rings. The molecule has 0 aliphatic rings. The van der Waals surface area contributed by atoms with Crippen LogP contribution in [0.25, 0.3) is 0 Å². The highest BCUT2D eigenvalue weighted by Gasteiger charge is 2.35. The van der Waals surface area contributed by atoms with Crippen LogP contribution >= 0.6 is 0 Å². The molecule has 94 valence electrons. The zero-order valence-electron chi connectivity index (χ0n) is 9.21. The second-order valence-electron chi connectivity index (χ2n) is 3.51. The van der Waals surface area contributed by atoms with Crippen molar-refractivity contribution < 1.29 is 18.0 Å². The number of ketones is 1. The third-order valence-electron chi connectivity index (χ3n) is 2.14. The van der Waals surface area contributed by atoms with Crippen LogP contribution in [0.4, 0.5) is 13.2 Å². The van der Waals surface area contributed by atoms with E-state index in [9.17, 15) is 18.0 Å². The van der Waals surface area contributed by atoms with Gasteiger partial charge in [0.05, 0.1) is 11.3 Å². The monoisotopic (exact) mass is 247 g/mol. The Balaban J connectivity index is 2.94. The first-order valence-corrected chi connectivity index (χ1v) is 5.00. The van der Waals surface area contributed by atoms with Crippen molar-refractivity contribution in [3.05, 3.63) is 23.3 Å². The number of hydrogen-bond donors (Lipinski definition) is 1. The summed E-state index contributed by atoms with van der Waals surface area (Å²) >= 11 is 0. The summed E-state index contributed by atoms with van der Waals surface area (Å²) in [4.78, 5) is 18.0. The molecule has 1 heterocycles. The van der Waals surface area contributed by atoms with Crippen LogP contribution in [0.3, 0.4) is 0 Å². The summed E-state index contributed by atoms with van der Waals surface area (Å²) in [6.45, 7) is 1.71. The van der Waals surface area contributed by atoms with Crippen molar-refractivity contribution in [1.29, 1.82) is 0 Å². The molecule has 0 saturated heterocycles. The van der Waals surface area contributed by atoms with E-state index in [2.05, 4.69) is 9.97 Å². The Labute approximate surface area is 96.1 Å². The number of nitrogens with two attached hydrogens (primary N) is 1. The van der Waals surface area contributed by atoms with Gasteiger partial charge in [-0.1, -0.05) is 0 Å². The van der Waals surface area contributed by atoms with Crippen molar-refractivity contribution in [3.63, 3.8) is 0 Å². The lowest BCUT2D eigenvalue weighted by atomic mass is 10.1. The van der Waals surface area contributed by atoms with Crippen LogP contribution < -0.4 is 5.73 Å². The normalized spacial score (nSPS) is 11.6. The van der Waals surface area contributed by atoms with E-state index in [4.69, 9.17) is 5.73 Å². The van der Waals surface area contributed by atoms with Crippen LogP contribution in [0.5, 0.6) is 0 Å². The number of carbonyl (C=O) groups is 1. The number of halogens is 3. The van der Waals surface area contributed by atoms with Gasteiger partial charge in [0.2, 0.25) is 5.82 Å². The molecule has 0 spiro atoms. The van der Waals surface area contributed by atoms with E-state index >= 15 is 0 Å². The molecule has 0 radical (unpaired) electrons. The van der Waals surface area contributed by atoms with Crippen molar-refractivity contribution in [2.75, 3.05) is 6.54 Å². The lowest BCUT2D eigenvalue weighted by Crippen LogP contribution is -2.15. The van der Waals surface area contributed by atoms with Gasteiger partial charge in [-0.25, -0.2) is 9.97 Å². The van der Waals surface area contributed by atoms with Gasteiger partial charge in [-0.15, -0.1) is 0 Å². The largest absolute Gasteiger partial charge is 0.451 e. The first-order chi connectivity index (χ1) is 7.86. The molecule has 0 fully saturated rings. The van der Waals surface area contributed by atoms with Crippen LogP contribution in [0.1, 0.15) is 34.7 Å². The third kappa shape index (κ3) is 3.48. The van der Waals surface area contributed by atoms with E-state index in [0.717, 1.165) is 6.20 Å². The van der Waals surface area contributed by atoms with Gasteiger partial charge in [0.15, 0.2) is 5.78 Å². The van der Waals surface area contributed by atoms with Crippen LogP contribution in [0.15, 0.2) is 6.20 Å². The molecule has 17 heavy (non-hydrogen) atoms. The number of rotatable bonds is 4. The molecule has 0 unspecified atom stereocenters. The number of hydrogen-bond acceptors (Lipinski definition) is 4. The summed E-state index contributed by atoms with van der Waals surface area (Å²) in [5.41, 5.74) is 5.40. The van der Waals surface area contributed by atoms with Gasteiger partial charge in [-0.3, -0.25) is 4.79 Å². The van der Waals surface area contributed by atoms with Gasteiger partial charge in [0.1, 0.15) is 0 Å². The van der Waals surface area contributed by atoms with Crippen LogP contribution in [-0.2, 0) is 6.18 Å². The molecule has 0 saturated carbocycles. The van der Waals surface area contributed by atoms with E-state index in [-0.39, 0.29) is 23.5 Å². The number of alkyl halides is 3. The Kier molecular flexibility index (Phi) is 4.17. The molecule has 0 aliphatic heterocycles. The molecule has 0 amide bonds. The molecule has 0 aromatic carbocycles. The summed E-state index contributed by atoms with van der Waals surface area (Å²) in [6, 6.07) is 0. The molecule has 0 atom stereocenters. The predicted molar refractivity (Wildman–Crippen MR) is 54.4 cm³/mol. The van der Waals surface area contributed by atoms with Gasteiger partial charge in [0.25, 0.3) is 0 Å². The Bertz CT molecular complexity index is 418. The first kappa shape index (κ1) is 13.6. The lowest BCUT2D eigenvalue weighted by molar-refractivity contribution is -0.145. The van der Waals surface area contributed by atoms with Crippen LogP contribution in [0, 0.1) is 6.92 Å². The van der Waals surface area contributed by atoms with Crippen molar-refractivity contribution in [2.24, 2.45) is 5.73 Å². The average molecular weight is 247 g/mol. The molecule has 7 heteroatoms. The summed E-state index contributed by atoms with van der Waals surface area (Å²) in [5, 5.41) is 0. The number of carbonyl (C=O) groups excluding carboxylic acids is 1. The highest BCUT2D eigenvalue weighted by molar-refractivity contribution is 5.96.